The molecule has 1 saturated heterocycles. The first-order chi connectivity index (χ1) is 11.0. The van der Waals surface area contributed by atoms with Gasteiger partial charge in [-0.3, -0.25) is 0 Å². The van der Waals surface area contributed by atoms with Gasteiger partial charge in [-0.25, -0.2) is 4.79 Å². The fraction of sp³-hybridized carbons (Fsp3) is 0.562. The average Bonchev–Trinajstić information content (AvgIpc) is 2.57. The van der Waals surface area contributed by atoms with Crippen LogP contribution in [0.4, 0.5) is 4.79 Å². The van der Waals surface area contributed by atoms with Crippen LogP contribution in [0.5, 0.6) is 5.75 Å². The quantitative estimate of drug-likeness (QED) is 0.767. The lowest BCUT2D eigenvalue weighted by Crippen LogP contribution is -2.46. The molecule has 0 aliphatic carbocycles. The molecule has 7 heteroatoms. The molecule has 23 heavy (non-hydrogen) atoms. The first-order valence-corrected chi connectivity index (χ1v) is 8.57. The molecule has 1 aromatic carbocycles. The van der Waals surface area contributed by atoms with Crippen LogP contribution in [0, 0.1) is 0 Å². The molecule has 5 nitrogen and oxygen atoms in total. The lowest BCUT2D eigenvalue weighted by molar-refractivity contribution is 0.245. The van der Waals surface area contributed by atoms with E-state index >= 15 is 0 Å². The third-order valence-electron chi connectivity index (χ3n) is 3.74. The Labute approximate surface area is 147 Å². The van der Waals surface area contributed by atoms with Crippen LogP contribution in [0.15, 0.2) is 12.1 Å². The minimum absolute atomic E-state index is 0.149. The number of methoxy groups -OCH3 is 1. The highest BCUT2D eigenvalue weighted by atomic mass is 35.5. The second-order valence-corrected chi connectivity index (χ2v) is 5.88. The van der Waals surface area contributed by atoms with Crippen LogP contribution in [0.2, 0.25) is 10.0 Å². The Kier molecular flexibility index (Phi) is 8.52. The van der Waals surface area contributed by atoms with E-state index in [1.165, 1.54) is 0 Å². The van der Waals surface area contributed by atoms with Gasteiger partial charge >= 0.3 is 6.03 Å². The van der Waals surface area contributed by atoms with Crippen molar-refractivity contribution < 1.29 is 9.53 Å². The van der Waals surface area contributed by atoms with Crippen molar-refractivity contribution in [2.75, 3.05) is 20.2 Å². The smallest absolute Gasteiger partial charge is 0.312 e. The normalized spacial score (nSPS) is 20.2. The van der Waals surface area contributed by atoms with Crippen molar-refractivity contribution in [3.63, 3.8) is 0 Å². The van der Waals surface area contributed by atoms with E-state index in [4.69, 9.17) is 33.7 Å². The number of urea groups is 1. The summed E-state index contributed by atoms with van der Waals surface area (Å²) in [5, 5.41) is 7.06. The van der Waals surface area contributed by atoms with Crippen molar-refractivity contribution in [2.24, 2.45) is 5.73 Å². The van der Waals surface area contributed by atoms with Gasteiger partial charge in [0.05, 0.1) is 17.2 Å². The summed E-state index contributed by atoms with van der Waals surface area (Å²) in [6.45, 7) is 5.33. The van der Waals surface area contributed by atoms with Gasteiger partial charge in [0, 0.05) is 18.2 Å². The summed E-state index contributed by atoms with van der Waals surface area (Å²) in [5.74, 6) is 0.977. The van der Waals surface area contributed by atoms with Gasteiger partial charge in [0.15, 0.2) is 0 Å². The Hall–Kier alpha value is -1.17. The Bertz CT molecular complexity index is 526. The van der Waals surface area contributed by atoms with Crippen LogP contribution < -0.4 is 21.1 Å². The maximum absolute atomic E-state index is 10.8. The summed E-state index contributed by atoms with van der Waals surface area (Å²) < 4.78 is 5.41. The van der Waals surface area contributed by atoms with E-state index in [1.54, 1.807) is 13.2 Å². The topological polar surface area (TPSA) is 76.4 Å². The molecule has 2 atom stereocenters. The zero-order chi connectivity index (χ0) is 17.4. The number of nitrogens with two attached hydrogens (primary N) is 1. The van der Waals surface area contributed by atoms with Crippen molar-refractivity contribution in [3.05, 3.63) is 27.7 Å². The van der Waals surface area contributed by atoms with Crippen molar-refractivity contribution >= 4 is 29.2 Å². The highest BCUT2D eigenvalue weighted by molar-refractivity contribution is 6.42. The number of nitrogens with one attached hydrogen (secondary N) is 2. The third kappa shape index (κ3) is 5.44. The first-order valence-electron chi connectivity index (χ1n) is 7.81. The summed E-state index contributed by atoms with van der Waals surface area (Å²) in [7, 11) is 1.62. The van der Waals surface area contributed by atoms with Crippen LogP contribution in [0.25, 0.3) is 0 Å². The van der Waals surface area contributed by atoms with Crippen molar-refractivity contribution in [2.45, 2.75) is 38.6 Å². The molecule has 1 aliphatic heterocycles. The van der Waals surface area contributed by atoms with Crippen LogP contribution in [-0.4, -0.2) is 32.3 Å². The Balaban J connectivity index is 0.00000127. The summed E-state index contributed by atoms with van der Waals surface area (Å²) in [5.41, 5.74) is 6.05. The van der Waals surface area contributed by atoms with Gasteiger partial charge in [-0.1, -0.05) is 37.0 Å². The zero-order valence-electron chi connectivity index (χ0n) is 13.8. The number of piperidine rings is 1. The number of carbonyl (C=O) groups excluding carboxylic acids is 1. The minimum Gasteiger partial charge on any atom is -0.496 e. The van der Waals surface area contributed by atoms with E-state index in [9.17, 15) is 4.79 Å². The van der Waals surface area contributed by atoms with Crippen LogP contribution in [0.3, 0.4) is 0 Å². The fourth-order valence-electron chi connectivity index (χ4n) is 2.75. The van der Waals surface area contributed by atoms with E-state index in [0.717, 1.165) is 30.7 Å². The Morgan fingerprint density at radius 1 is 1.43 bits per heavy atom. The fourth-order valence-corrected chi connectivity index (χ4v) is 3.23. The summed E-state index contributed by atoms with van der Waals surface area (Å²) in [6, 6.07) is 3.20. The molecule has 1 aliphatic rings. The standard InChI is InChI=1S/C14H19Cl2N3O2.C2H6/c1-21-11-3-2-10(15)13(16)12(11)8-4-5-18-9(6-8)7-19-14(17)20;1-2/h2-3,8-9,18H,4-7H2,1H3,(H3,17,19,20);1-2H3. The van der Waals surface area contributed by atoms with Crippen molar-refractivity contribution in [1.29, 1.82) is 0 Å². The second-order valence-electron chi connectivity index (χ2n) is 5.09. The van der Waals surface area contributed by atoms with E-state index in [2.05, 4.69) is 10.6 Å². The monoisotopic (exact) mass is 361 g/mol. The molecular formula is C16H25Cl2N3O2. The van der Waals surface area contributed by atoms with E-state index in [0.29, 0.717) is 16.6 Å². The number of ether oxygens (including phenoxy) is 1. The summed E-state index contributed by atoms with van der Waals surface area (Å²) in [6.07, 6.45) is 1.76. The maximum Gasteiger partial charge on any atom is 0.312 e. The zero-order valence-corrected chi connectivity index (χ0v) is 15.3. The molecule has 0 saturated carbocycles. The largest absolute Gasteiger partial charge is 0.496 e. The highest BCUT2D eigenvalue weighted by Gasteiger charge is 2.27. The lowest BCUT2D eigenvalue weighted by Gasteiger charge is -2.32. The average molecular weight is 362 g/mol. The molecule has 1 heterocycles. The van der Waals surface area contributed by atoms with Gasteiger partial charge < -0.3 is 21.1 Å². The molecule has 0 spiro atoms. The molecule has 0 radical (unpaired) electrons. The molecule has 0 bridgehead atoms. The molecular weight excluding hydrogens is 337 g/mol. The molecule has 130 valence electrons. The highest BCUT2D eigenvalue weighted by Crippen LogP contribution is 2.42. The molecule has 0 aromatic heterocycles. The van der Waals surface area contributed by atoms with E-state index in [1.807, 2.05) is 19.9 Å². The number of halogens is 2. The predicted molar refractivity (Wildman–Crippen MR) is 95.7 cm³/mol. The molecule has 2 rings (SSSR count). The van der Waals surface area contributed by atoms with E-state index < -0.39 is 6.03 Å². The number of primary amides is 1. The molecule has 2 amide bonds. The Morgan fingerprint density at radius 3 is 2.74 bits per heavy atom. The van der Waals surface area contributed by atoms with Gasteiger partial charge in [0.2, 0.25) is 0 Å². The molecule has 1 aromatic rings. The van der Waals surface area contributed by atoms with Crippen LogP contribution >= 0.6 is 23.2 Å². The molecule has 2 unspecified atom stereocenters. The second kappa shape index (κ2) is 9.85. The third-order valence-corrected chi connectivity index (χ3v) is 4.56. The molecule has 1 fully saturated rings. The number of carbonyl (C=O) groups is 1. The Morgan fingerprint density at radius 2 is 2.13 bits per heavy atom. The van der Waals surface area contributed by atoms with Gasteiger partial charge in [-0.05, 0) is 37.4 Å². The van der Waals surface area contributed by atoms with Gasteiger partial charge in [0.1, 0.15) is 5.75 Å². The SMILES string of the molecule is CC.COc1ccc(Cl)c(Cl)c1C1CCNC(CNC(N)=O)C1. The predicted octanol–water partition coefficient (Wildman–Crippen LogP) is 3.53. The lowest BCUT2D eigenvalue weighted by atomic mass is 9.85. The van der Waals surface area contributed by atoms with Gasteiger partial charge in [-0.2, -0.15) is 0 Å². The van der Waals surface area contributed by atoms with Crippen molar-refractivity contribution in [1.82, 2.24) is 10.6 Å². The van der Waals surface area contributed by atoms with Crippen LogP contribution in [0.1, 0.15) is 38.2 Å². The summed E-state index contributed by atoms with van der Waals surface area (Å²) >= 11 is 12.5. The number of hydrogen-bond acceptors (Lipinski definition) is 3. The number of hydrogen-bond donors (Lipinski definition) is 3. The van der Waals surface area contributed by atoms with Gasteiger partial charge in [-0.15, -0.1) is 0 Å². The minimum atomic E-state index is -0.516. The van der Waals surface area contributed by atoms with Crippen molar-refractivity contribution in [3.8, 4) is 5.75 Å². The maximum atomic E-state index is 10.8. The van der Waals surface area contributed by atoms with E-state index in [-0.39, 0.29) is 12.0 Å². The number of amides is 2. The number of rotatable bonds is 4. The summed E-state index contributed by atoms with van der Waals surface area (Å²) in [4.78, 5) is 10.8. The number of benzene rings is 1. The van der Waals surface area contributed by atoms with Gasteiger partial charge in [0.25, 0.3) is 0 Å². The first kappa shape index (κ1) is 19.9. The van der Waals surface area contributed by atoms with Crippen LogP contribution in [-0.2, 0) is 0 Å². The molecule has 4 N–H and O–H groups in total.